The van der Waals surface area contributed by atoms with Crippen molar-refractivity contribution < 1.29 is 14.6 Å². The van der Waals surface area contributed by atoms with Crippen molar-refractivity contribution in [3.8, 4) is 28.6 Å². The number of carbonyl (C=O) groups excluding carboxylic acids is 1. The number of nitrogens with zero attached hydrogens (tertiary/aromatic N) is 5. The fourth-order valence-electron chi connectivity index (χ4n) is 6.23. The summed E-state index contributed by atoms with van der Waals surface area (Å²) in [5.41, 5.74) is 6.25. The monoisotopic (exact) mass is 641 g/mol. The van der Waals surface area contributed by atoms with Crippen molar-refractivity contribution in [2.75, 3.05) is 11.9 Å². The Morgan fingerprint density at radius 1 is 0.938 bits per heavy atom. The first-order chi connectivity index (χ1) is 23.1. The van der Waals surface area contributed by atoms with Gasteiger partial charge in [0.25, 0.3) is 0 Å². The molecule has 0 fully saturated rings. The van der Waals surface area contributed by atoms with Gasteiger partial charge in [0, 0.05) is 17.4 Å². The second-order valence-electron chi connectivity index (χ2n) is 13.4. The number of rotatable bonds is 7. The number of para-hydroxylation sites is 1. The van der Waals surface area contributed by atoms with E-state index in [1.807, 2.05) is 84.3 Å². The van der Waals surface area contributed by atoms with E-state index in [1.54, 1.807) is 16.8 Å². The number of hydrogen-bond donors (Lipinski definition) is 3. The molecule has 244 valence electrons. The topological polar surface area (TPSA) is 119 Å². The maximum absolute atomic E-state index is 13.5. The maximum Gasteiger partial charge on any atom is 0.320 e. The van der Waals surface area contributed by atoms with Crippen molar-refractivity contribution in [2.24, 2.45) is 0 Å². The molecule has 0 bridgehead atoms. The van der Waals surface area contributed by atoms with Gasteiger partial charge in [-0.15, -0.1) is 10.2 Å². The lowest BCUT2D eigenvalue weighted by atomic mass is 9.80. The molecular weight excluding hydrogens is 602 g/mol. The number of aryl methyl sites for hydroxylation is 1. The molecule has 0 radical (unpaired) electrons. The fraction of sp³-hybridized carbons (Fsp3) is 0.263. The highest BCUT2D eigenvalue weighted by atomic mass is 16.5. The number of benzene rings is 3. The smallest absolute Gasteiger partial charge is 0.320 e. The Balaban J connectivity index is 1.06. The summed E-state index contributed by atoms with van der Waals surface area (Å²) in [6.07, 6.45) is 3.47. The lowest BCUT2D eigenvalue weighted by Crippen LogP contribution is -2.36. The molecule has 0 saturated carbocycles. The number of nitrogens with one attached hydrogen (secondary N) is 2. The number of hydrogen-bond acceptors (Lipinski definition) is 6. The number of fused-ring (bicyclic) bond motifs is 2. The lowest BCUT2D eigenvalue weighted by molar-refractivity contribution is 0.241. The van der Waals surface area contributed by atoms with E-state index in [-0.39, 0.29) is 29.2 Å². The number of aromatic nitrogens is 5. The molecule has 0 aliphatic heterocycles. The summed E-state index contributed by atoms with van der Waals surface area (Å²) in [7, 11) is 0. The zero-order valence-corrected chi connectivity index (χ0v) is 27.5. The van der Waals surface area contributed by atoms with Crippen molar-refractivity contribution in [2.45, 2.75) is 57.9 Å². The van der Waals surface area contributed by atoms with Gasteiger partial charge in [-0.1, -0.05) is 74.9 Å². The number of carbonyl (C=O) groups is 1. The first-order valence-corrected chi connectivity index (χ1v) is 16.2. The molecular formula is C38H39N7O3. The van der Waals surface area contributed by atoms with Crippen molar-refractivity contribution in [1.29, 1.82) is 0 Å². The van der Waals surface area contributed by atoms with Crippen LogP contribution in [0, 0.1) is 6.92 Å². The van der Waals surface area contributed by atoms with Crippen molar-refractivity contribution in [3.63, 3.8) is 0 Å². The molecule has 48 heavy (non-hydrogen) atoms. The number of amides is 2. The first kappa shape index (κ1) is 31.0. The Hall–Kier alpha value is -5.64. The number of aromatic hydroxyl groups is 1. The molecule has 7 rings (SSSR count). The van der Waals surface area contributed by atoms with E-state index in [0.29, 0.717) is 35.2 Å². The normalized spacial score (nSPS) is 16.0. The van der Waals surface area contributed by atoms with Gasteiger partial charge in [-0.3, -0.25) is 9.72 Å². The van der Waals surface area contributed by atoms with Gasteiger partial charge >= 0.3 is 6.03 Å². The van der Waals surface area contributed by atoms with Crippen LogP contribution in [0.25, 0.3) is 22.7 Å². The van der Waals surface area contributed by atoms with Crippen LogP contribution in [0.15, 0.2) is 97.2 Å². The highest BCUT2D eigenvalue weighted by molar-refractivity contribution is 5.89. The van der Waals surface area contributed by atoms with Gasteiger partial charge in [0.05, 0.1) is 35.8 Å². The minimum atomic E-state index is -0.277. The van der Waals surface area contributed by atoms with Gasteiger partial charge < -0.3 is 15.2 Å². The van der Waals surface area contributed by atoms with E-state index in [9.17, 15) is 9.90 Å². The van der Waals surface area contributed by atoms with E-state index in [1.165, 1.54) is 0 Å². The lowest BCUT2D eigenvalue weighted by Gasteiger charge is -2.32. The first-order valence-electron chi connectivity index (χ1n) is 16.2. The molecule has 2 amide bonds. The maximum atomic E-state index is 13.5. The third-order valence-corrected chi connectivity index (χ3v) is 8.89. The Morgan fingerprint density at radius 3 is 2.46 bits per heavy atom. The summed E-state index contributed by atoms with van der Waals surface area (Å²) in [4.78, 5) is 13.5. The van der Waals surface area contributed by atoms with Crippen LogP contribution in [0.2, 0.25) is 0 Å². The molecule has 6 aromatic rings. The predicted octanol–water partition coefficient (Wildman–Crippen LogP) is 7.71. The quantitative estimate of drug-likeness (QED) is 0.164. The molecule has 3 aromatic carbocycles. The second-order valence-corrected chi connectivity index (χ2v) is 13.4. The van der Waals surface area contributed by atoms with Crippen LogP contribution in [0.5, 0.6) is 11.5 Å². The van der Waals surface area contributed by atoms with Crippen LogP contribution in [-0.2, 0) is 5.41 Å². The molecule has 3 N–H and O–H groups in total. The number of ether oxygens (including phenoxy) is 1. The summed E-state index contributed by atoms with van der Waals surface area (Å²) < 4.78 is 9.96. The van der Waals surface area contributed by atoms with Gasteiger partial charge in [0.1, 0.15) is 17.3 Å². The summed E-state index contributed by atoms with van der Waals surface area (Å²) >= 11 is 0. The van der Waals surface area contributed by atoms with Crippen molar-refractivity contribution in [1.82, 2.24) is 29.7 Å². The zero-order valence-electron chi connectivity index (χ0n) is 27.5. The molecule has 2 atom stereocenters. The summed E-state index contributed by atoms with van der Waals surface area (Å²) in [5.74, 6) is 2.12. The molecule has 10 heteroatoms. The average Bonchev–Trinajstić information content (AvgIpc) is 3.69. The van der Waals surface area contributed by atoms with Crippen LogP contribution in [0.3, 0.4) is 0 Å². The van der Waals surface area contributed by atoms with E-state index >= 15 is 0 Å². The minimum absolute atomic E-state index is 0.139. The van der Waals surface area contributed by atoms with Gasteiger partial charge in [-0.05, 0) is 67.3 Å². The predicted molar refractivity (Wildman–Crippen MR) is 186 cm³/mol. The van der Waals surface area contributed by atoms with E-state index in [2.05, 4.69) is 53.7 Å². The van der Waals surface area contributed by atoms with E-state index in [0.717, 1.165) is 40.9 Å². The SMILES string of the molecule is Cc1ccc(-n2nc(C(C)(C)C)cc2NC(=O)N[C@H]2CCC(COc3ccc4nnc(-c5ccccc5O)n4c3)c3ccccc32)cc1. The highest BCUT2D eigenvalue weighted by Crippen LogP contribution is 2.38. The van der Waals surface area contributed by atoms with Crippen LogP contribution in [0.1, 0.15) is 68.0 Å². The van der Waals surface area contributed by atoms with Gasteiger partial charge in [-0.25, -0.2) is 9.48 Å². The van der Waals surface area contributed by atoms with Gasteiger partial charge in [0.15, 0.2) is 11.5 Å². The zero-order chi connectivity index (χ0) is 33.4. The molecule has 1 unspecified atom stereocenters. The van der Waals surface area contributed by atoms with Crippen LogP contribution >= 0.6 is 0 Å². The molecule has 0 saturated heterocycles. The van der Waals surface area contributed by atoms with Gasteiger partial charge in [0.2, 0.25) is 0 Å². The standard InChI is InChI=1S/C38H39N7O3/c1-24-13-16-26(17-14-24)45-35(21-33(43-45)38(2,3)4)40-37(47)39-31-19-15-25(28-9-5-6-10-29(28)31)23-48-27-18-20-34-41-42-36(44(34)22-27)30-11-7-8-12-32(30)46/h5-14,16-18,20-22,25,31,46H,15,19,23H2,1-4H3,(H2,39,40,47)/t25?,31-/m0/s1. The number of anilines is 1. The highest BCUT2D eigenvalue weighted by Gasteiger charge is 2.29. The fourth-order valence-corrected chi connectivity index (χ4v) is 6.23. The third kappa shape index (κ3) is 6.21. The largest absolute Gasteiger partial charge is 0.507 e. The summed E-state index contributed by atoms with van der Waals surface area (Å²) in [6, 6.07) is 28.7. The number of urea groups is 1. The van der Waals surface area contributed by atoms with E-state index in [4.69, 9.17) is 9.84 Å². The van der Waals surface area contributed by atoms with Gasteiger partial charge in [-0.2, -0.15) is 5.10 Å². The average molecular weight is 642 g/mol. The number of pyridine rings is 1. The van der Waals surface area contributed by atoms with Crippen molar-refractivity contribution >= 4 is 17.5 Å². The Kier molecular flexibility index (Phi) is 8.08. The van der Waals surface area contributed by atoms with Crippen LogP contribution in [0.4, 0.5) is 10.6 Å². The Labute approximate surface area is 279 Å². The molecule has 1 aliphatic rings. The van der Waals surface area contributed by atoms with E-state index < -0.39 is 0 Å². The molecule has 10 nitrogen and oxygen atoms in total. The minimum Gasteiger partial charge on any atom is -0.507 e. The Bertz CT molecular complexity index is 2090. The third-order valence-electron chi connectivity index (χ3n) is 8.89. The molecule has 3 aromatic heterocycles. The van der Waals surface area contributed by atoms with Crippen molar-refractivity contribution in [3.05, 3.63) is 120 Å². The van der Waals surface area contributed by atoms with Crippen LogP contribution < -0.4 is 15.4 Å². The summed E-state index contributed by atoms with van der Waals surface area (Å²) in [6.45, 7) is 8.85. The molecule has 1 aliphatic carbocycles. The molecule has 3 heterocycles. The summed E-state index contributed by atoms with van der Waals surface area (Å²) in [5, 5.41) is 30.1. The second kappa shape index (κ2) is 12.5. The molecule has 0 spiro atoms. The van der Waals surface area contributed by atoms with Crippen LogP contribution in [-0.4, -0.2) is 42.1 Å². The Morgan fingerprint density at radius 2 is 1.69 bits per heavy atom. The number of phenolic OH excluding ortho intramolecular Hbond substituents is 1. The number of phenols is 1.